The second-order valence-electron chi connectivity index (χ2n) is 5.55. The van der Waals surface area contributed by atoms with Crippen molar-refractivity contribution < 1.29 is 18.7 Å². The lowest BCUT2D eigenvalue weighted by molar-refractivity contribution is 0.0918. The number of benzene rings is 1. The second-order valence-corrected chi connectivity index (χ2v) is 6.69. The van der Waals surface area contributed by atoms with Gasteiger partial charge in [-0.3, -0.25) is 4.79 Å². The number of nitrogens with one attached hydrogen (secondary N) is 1. The lowest BCUT2D eigenvalue weighted by Crippen LogP contribution is -2.28. The number of amides is 1. The van der Waals surface area contributed by atoms with Crippen LogP contribution in [-0.2, 0) is 12.8 Å². The van der Waals surface area contributed by atoms with Gasteiger partial charge >= 0.3 is 0 Å². The maximum Gasteiger partial charge on any atom is 0.261 e. The zero-order valence-electron chi connectivity index (χ0n) is 13.7. The third kappa shape index (κ3) is 4.39. The van der Waals surface area contributed by atoms with Gasteiger partial charge in [-0.15, -0.1) is 11.3 Å². The highest BCUT2D eigenvalue weighted by atomic mass is 32.1. The molecule has 2 N–H and O–H groups in total. The first-order chi connectivity index (χ1) is 11.5. The van der Waals surface area contributed by atoms with E-state index in [1.165, 1.54) is 22.3 Å². The van der Waals surface area contributed by atoms with Gasteiger partial charge in [-0.05, 0) is 30.5 Å². The smallest absolute Gasteiger partial charge is 0.261 e. The molecule has 6 heteroatoms. The van der Waals surface area contributed by atoms with Crippen LogP contribution in [0.15, 0.2) is 24.3 Å². The summed E-state index contributed by atoms with van der Waals surface area (Å²) in [5.74, 6) is -1.83. The van der Waals surface area contributed by atoms with Crippen LogP contribution in [0.25, 0.3) is 0 Å². The van der Waals surface area contributed by atoms with Crippen molar-refractivity contribution in [3.8, 4) is 0 Å². The maximum absolute atomic E-state index is 13.6. The number of hydrogen-bond acceptors (Lipinski definition) is 3. The average Bonchev–Trinajstić information content (AvgIpc) is 2.96. The van der Waals surface area contributed by atoms with Gasteiger partial charge in [0.15, 0.2) is 0 Å². The Balaban J connectivity index is 2.02. The summed E-state index contributed by atoms with van der Waals surface area (Å²) < 4.78 is 26.5. The minimum absolute atomic E-state index is 0.0381. The Hall–Kier alpha value is -1.79. The lowest BCUT2D eigenvalue weighted by Gasteiger charge is -2.12. The third-order valence-corrected chi connectivity index (χ3v) is 4.99. The number of carbonyl (C=O) groups excluding carboxylic acids is 1. The first-order valence-corrected chi connectivity index (χ1v) is 8.80. The van der Waals surface area contributed by atoms with E-state index in [1.807, 2.05) is 13.0 Å². The van der Waals surface area contributed by atoms with Gasteiger partial charge in [0.1, 0.15) is 11.6 Å². The zero-order chi connectivity index (χ0) is 17.7. The van der Waals surface area contributed by atoms with E-state index >= 15 is 0 Å². The number of aliphatic hydroxyl groups is 1. The van der Waals surface area contributed by atoms with Crippen molar-refractivity contribution in [1.82, 2.24) is 5.32 Å². The first kappa shape index (κ1) is 18.5. The molecule has 1 atom stereocenters. The van der Waals surface area contributed by atoms with E-state index in [0.29, 0.717) is 10.9 Å². The highest BCUT2D eigenvalue weighted by molar-refractivity contribution is 7.14. The molecule has 130 valence electrons. The number of hydrogen-bond donors (Lipinski definition) is 2. The molecular formula is C18H21F2NO2S. The quantitative estimate of drug-likeness (QED) is 0.790. The number of halogens is 2. The number of carbonyl (C=O) groups is 1. The Morgan fingerprint density at radius 3 is 2.67 bits per heavy atom. The van der Waals surface area contributed by atoms with E-state index in [9.17, 15) is 18.7 Å². The number of aryl methyl sites for hydroxylation is 2. The summed E-state index contributed by atoms with van der Waals surface area (Å²) in [5, 5.41) is 12.6. The molecule has 1 unspecified atom stereocenters. The molecule has 0 saturated carbocycles. The lowest BCUT2D eigenvalue weighted by atomic mass is 10.1. The molecule has 1 aromatic heterocycles. The van der Waals surface area contributed by atoms with E-state index in [0.717, 1.165) is 30.9 Å². The predicted molar refractivity (Wildman–Crippen MR) is 91.3 cm³/mol. The molecule has 0 fully saturated rings. The third-order valence-electron chi connectivity index (χ3n) is 3.76. The molecule has 2 aromatic rings. The van der Waals surface area contributed by atoms with E-state index in [-0.39, 0.29) is 18.0 Å². The van der Waals surface area contributed by atoms with Crippen LogP contribution in [0.1, 0.15) is 52.0 Å². The van der Waals surface area contributed by atoms with Crippen LogP contribution in [0, 0.1) is 11.6 Å². The highest BCUT2D eigenvalue weighted by Crippen LogP contribution is 2.25. The Labute approximate surface area is 144 Å². The summed E-state index contributed by atoms with van der Waals surface area (Å²) in [4.78, 5) is 14.0. The molecule has 0 bridgehead atoms. The largest absolute Gasteiger partial charge is 0.386 e. The topological polar surface area (TPSA) is 49.3 Å². The standard InChI is InChI=1S/C18H21F2NO2S/c1-3-5-16-11(4-2)8-17(24-16)18(23)21-10-15(22)13-7-6-12(19)9-14(13)20/h6-9,15,22H,3-5,10H2,1-2H3,(H,21,23). The molecular weight excluding hydrogens is 332 g/mol. The fraction of sp³-hybridized carbons (Fsp3) is 0.389. The van der Waals surface area contributed by atoms with Crippen molar-refractivity contribution in [2.24, 2.45) is 0 Å². The van der Waals surface area contributed by atoms with Crippen molar-refractivity contribution >= 4 is 17.2 Å². The van der Waals surface area contributed by atoms with Gasteiger partial charge in [0, 0.05) is 23.1 Å². The van der Waals surface area contributed by atoms with Crippen LogP contribution in [0.5, 0.6) is 0 Å². The monoisotopic (exact) mass is 353 g/mol. The van der Waals surface area contributed by atoms with Crippen LogP contribution in [-0.4, -0.2) is 17.6 Å². The van der Waals surface area contributed by atoms with Crippen molar-refractivity contribution in [3.63, 3.8) is 0 Å². The molecule has 24 heavy (non-hydrogen) atoms. The molecule has 0 aliphatic rings. The summed E-state index contributed by atoms with van der Waals surface area (Å²) in [5.41, 5.74) is 1.13. The molecule has 0 radical (unpaired) electrons. The highest BCUT2D eigenvalue weighted by Gasteiger charge is 2.17. The summed E-state index contributed by atoms with van der Waals surface area (Å²) in [6, 6.07) is 4.84. The van der Waals surface area contributed by atoms with Gasteiger partial charge in [-0.1, -0.05) is 26.3 Å². The Kier molecular flexibility index (Phi) is 6.45. The van der Waals surface area contributed by atoms with Crippen molar-refractivity contribution in [2.45, 2.75) is 39.2 Å². The Morgan fingerprint density at radius 2 is 2.04 bits per heavy atom. The number of aliphatic hydroxyl groups excluding tert-OH is 1. The van der Waals surface area contributed by atoms with Crippen molar-refractivity contribution in [2.75, 3.05) is 6.54 Å². The van der Waals surface area contributed by atoms with Crippen LogP contribution in [0.2, 0.25) is 0 Å². The van der Waals surface area contributed by atoms with Crippen LogP contribution < -0.4 is 5.32 Å². The van der Waals surface area contributed by atoms with Crippen LogP contribution in [0.4, 0.5) is 8.78 Å². The number of rotatable bonds is 7. The normalized spacial score (nSPS) is 12.2. The predicted octanol–water partition coefficient (Wildman–Crippen LogP) is 4.00. The van der Waals surface area contributed by atoms with Gasteiger partial charge in [0.25, 0.3) is 5.91 Å². The summed E-state index contributed by atoms with van der Waals surface area (Å²) in [7, 11) is 0. The SMILES string of the molecule is CCCc1sc(C(=O)NCC(O)c2ccc(F)cc2F)cc1CC. The Bertz CT molecular complexity index is 715. The fourth-order valence-corrected chi connectivity index (χ4v) is 3.75. The Morgan fingerprint density at radius 1 is 1.29 bits per heavy atom. The van der Waals surface area contributed by atoms with Gasteiger partial charge < -0.3 is 10.4 Å². The summed E-state index contributed by atoms with van der Waals surface area (Å²) in [6.45, 7) is 4.00. The molecule has 0 spiro atoms. The molecule has 0 aliphatic carbocycles. The number of thiophene rings is 1. The molecule has 0 aliphatic heterocycles. The average molecular weight is 353 g/mol. The minimum atomic E-state index is -1.23. The molecule has 1 heterocycles. The molecule has 2 rings (SSSR count). The van der Waals surface area contributed by atoms with Gasteiger partial charge in [-0.2, -0.15) is 0 Å². The van der Waals surface area contributed by atoms with Gasteiger partial charge in [0.2, 0.25) is 0 Å². The van der Waals surface area contributed by atoms with E-state index in [4.69, 9.17) is 0 Å². The van der Waals surface area contributed by atoms with Crippen LogP contribution in [0.3, 0.4) is 0 Å². The van der Waals surface area contributed by atoms with E-state index in [2.05, 4.69) is 12.2 Å². The molecule has 1 aromatic carbocycles. The molecule has 1 amide bonds. The molecule has 3 nitrogen and oxygen atoms in total. The maximum atomic E-state index is 13.6. The van der Waals surface area contributed by atoms with Crippen molar-refractivity contribution in [3.05, 3.63) is 56.8 Å². The van der Waals surface area contributed by atoms with Crippen LogP contribution >= 0.6 is 11.3 Å². The van der Waals surface area contributed by atoms with Crippen molar-refractivity contribution in [1.29, 1.82) is 0 Å². The summed E-state index contributed by atoms with van der Waals surface area (Å²) in [6.07, 6.45) is 1.58. The first-order valence-electron chi connectivity index (χ1n) is 7.99. The minimum Gasteiger partial charge on any atom is -0.386 e. The molecule has 0 saturated heterocycles. The van der Waals surface area contributed by atoms with Gasteiger partial charge in [-0.25, -0.2) is 8.78 Å². The van der Waals surface area contributed by atoms with E-state index < -0.39 is 17.7 Å². The van der Waals surface area contributed by atoms with Gasteiger partial charge in [0.05, 0.1) is 11.0 Å². The van der Waals surface area contributed by atoms with E-state index in [1.54, 1.807) is 0 Å². The fourth-order valence-electron chi connectivity index (χ4n) is 2.47. The second kappa shape index (κ2) is 8.35. The zero-order valence-corrected chi connectivity index (χ0v) is 14.6. The summed E-state index contributed by atoms with van der Waals surface area (Å²) >= 11 is 1.45.